The molecule has 1 fully saturated rings. The van der Waals surface area contributed by atoms with Crippen molar-refractivity contribution in [3.63, 3.8) is 0 Å². The molecule has 16 heavy (non-hydrogen) atoms. The molecule has 3 rings (SSSR count). The minimum Gasteiger partial charge on any atom is -0.375 e. The average molecular weight is 217 g/mol. The van der Waals surface area contributed by atoms with Gasteiger partial charge < -0.3 is 10.2 Å². The molecule has 0 aromatic rings. The molecule has 2 heterocycles. The summed E-state index contributed by atoms with van der Waals surface area (Å²) in [4.78, 5) is 6.81. The predicted octanol–water partition coefficient (Wildman–Crippen LogP) is 1.69. The molecule has 0 radical (unpaired) electrons. The number of aliphatic imine (C=N–C) groups is 1. The van der Waals surface area contributed by atoms with Crippen LogP contribution in [0.4, 0.5) is 0 Å². The largest absolute Gasteiger partial charge is 0.375 e. The standard InChI is InChI=1S/C13H19N3/c1-2-6-16(7-3-1)12-5-4-11-9-14-10-15-13(11)8-12/h4-5,10,13H,1-3,6-9H2,(H,14,15). The van der Waals surface area contributed by atoms with E-state index in [1.165, 1.54) is 43.6 Å². The van der Waals surface area contributed by atoms with Gasteiger partial charge in [-0.25, -0.2) is 0 Å². The van der Waals surface area contributed by atoms with Crippen LogP contribution >= 0.6 is 0 Å². The Hall–Kier alpha value is -1.25. The van der Waals surface area contributed by atoms with E-state index in [4.69, 9.17) is 0 Å². The molecule has 1 aliphatic carbocycles. The van der Waals surface area contributed by atoms with E-state index >= 15 is 0 Å². The molecule has 2 aliphatic heterocycles. The van der Waals surface area contributed by atoms with Gasteiger partial charge in [-0.1, -0.05) is 6.08 Å². The monoisotopic (exact) mass is 217 g/mol. The third kappa shape index (κ3) is 1.86. The van der Waals surface area contributed by atoms with E-state index in [0.29, 0.717) is 6.04 Å². The van der Waals surface area contributed by atoms with Crippen LogP contribution < -0.4 is 5.32 Å². The second kappa shape index (κ2) is 4.32. The molecule has 0 bridgehead atoms. The summed E-state index contributed by atoms with van der Waals surface area (Å²) in [6, 6.07) is 0.499. The summed E-state index contributed by atoms with van der Waals surface area (Å²) in [6.07, 6.45) is 11.7. The molecule has 1 N–H and O–H groups in total. The van der Waals surface area contributed by atoms with Crippen LogP contribution in [-0.4, -0.2) is 36.9 Å². The molecule has 1 unspecified atom stereocenters. The van der Waals surface area contributed by atoms with E-state index in [1.54, 1.807) is 0 Å². The van der Waals surface area contributed by atoms with E-state index in [0.717, 1.165) is 13.0 Å². The number of nitrogens with zero attached hydrogens (tertiary/aromatic N) is 2. The molecular formula is C13H19N3. The number of hydrogen-bond acceptors (Lipinski definition) is 3. The molecule has 3 nitrogen and oxygen atoms in total. The maximum Gasteiger partial charge on any atom is 0.0832 e. The van der Waals surface area contributed by atoms with Gasteiger partial charge in [-0.15, -0.1) is 0 Å². The Morgan fingerprint density at radius 1 is 1.19 bits per heavy atom. The van der Waals surface area contributed by atoms with Gasteiger partial charge in [0.1, 0.15) is 0 Å². The van der Waals surface area contributed by atoms with Crippen LogP contribution in [0, 0.1) is 0 Å². The van der Waals surface area contributed by atoms with Gasteiger partial charge in [-0.05, 0) is 30.9 Å². The van der Waals surface area contributed by atoms with Gasteiger partial charge in [0, 0.05) is 25.2 Å². The summed E-state index contributed by atoms with van der Waals surface area (Å²) < 4.78 is 0. The first-order chi connectivity index (χ1) is 7.93. The van der Waals surface area contributed by atoms with Crippen molar-refractivity contribution in [2.75, 3.05) is 19.6 Å². The van der Waals surface area contributed by atoms with Crippen molar-refractivity contribution in [3.8, 4) is 0 Å². The molecule has 3 heteroatoms. The number of nitrogens with one attached hydrogen (secondary N) is 1. The van der Waals surface area contributed by atoms with E-state index < -0.39 is 0 Å². The van der Waals surface area contributed by atoms with Crippen molar-refractivity contribution in [2.45, 2.75) is 31.7 Å². The van der Waals surface area contributed by atoms with Crippen LogP contribution in [0.5, 0.6) is 0 Å². The number of fused-ring (bicyclic) bond motifs is 1. The Kier molecular flexibility index (Phi) is 2.68. The van der Waals surface area contributed by atoms with Crippen molar-refractivity contribution in [1.82, 2.24) is 10.2 Å². The molecule has 0 amide bonds. The van der Waals surface area contributed by atoms with Crippen LogP contribution in [0.2, 0.25) is 0 Å². The van der Waals surface area contributed by atoms with Crippen molar-refractivity contribution < 1.29 is 0 Å². The van der Waals surface area contributed by atoms with Gasteiger partial charge in [0.2, 0.25) is 0 Å². The molecular weight excluding hydrogens is 198 g/mol. The lowest BCUT2D eigenvalue weighted by molar-refractivity contribution is 0.271. The smallest absolute Gasteiger partial charge is 0.0832 e. The molecule has 0 aromatic carbocycles. The molecule has 0 spiro atoms. The SMILES string of the molecule is C1=NCC2=CC=C(N3CCCCC3)CC2N1. The van der Waals surface area contributed by atoms with Crippen molar-refractivity contribution in [1.29, 1.82) is 0 Å². The Balaban J connectivity index is 1.73. The first-order valence-electron chi connectivity index (χ1n) is 6.32. The number of allylic oxidation sites excluding steroid dienone is 2. The number of hydrogen-bond donors (Lipinski definition) is 1. The van der Waals surface area contributed by atoms with Crippen LogP contribution in [0.25, 0.3) is 0 Å². The third-order valence-corrected chi connectivity index (χ3v) is 3.75. The summed E-state index contributed by atoms with van der Waals surface area (Å²) in [5, 5.41) is 3.36. The molecule has 1 saturated heterocycles. The normalized spacial score (nSPS) is 29.0. The zero-order valence-corrected chi connectivity index (χ0v) is 9.65. The van der Waals surface area contributed by atoms with Crippen molar-refractivity contribution >= 4 is 6.34 Å². The summed E-state index contributed by atoms with van der Waals surface area (Å²) in [5.41, 5.74) is 2.94. The zero-order chi connectivity index (χ0) is 10.8. The second-order valence-electron chi connectivity index (χ2n) is 4.84. The fourth-order valence-corrected chi connectivity index (χ4v) is 2.77. The predicted molar refractivity (Wildman–Crippen MR) is 66.5 cm³/mol. The van der Waals surface area contributed by atoms with Gasteiger partial charge in [-0.2, -0.15) is 0 Å². The van der Waals surface area contributed by atoms with E-state index in [9.17, 15) is 0 Å². The molecule has 0 saturated carbocycles. The van der Waals surface area contributed by atoms with Crippen LogP contribution in [0.3, 0.4) is 0 Å². The second-order valence-corrected chi connectivity index (χ2v) is 4.84. The first kappa shape index (κ1) is 9.94. The zero-order valence-electron chi connectivity index (χ0n) is 9.65. The average Bonchev–Trinajstić information content (AvgIpc) is 2.39. The lowest BCUT2D eigenvalue weighted by Gasteiger charge is -2.35. The van der Waals surface area contributed by atoms with E-state index in [-0.39, 0.29) is 0 Å². The number of rotatable bonds is 1. The van der Waals surface area contributed by atoms with Gasteiger partial charge in [0.15, 0.2) is 0 Å². The first-order valence-corrected chi connectivity index (χ1v) is 6.32. The Bertz CT molecular complexity index is 348. The lowest BCUT2D eigenvalue weighted by Crippen LogP contribution is -2.39. The van der Waals surface area contributed by atoms with Crippen LogP contribution in [-0.2, 0) is 0 Å². The van der Waals surface area contributed by atoms with Crippen LogP contribution in [0.1, 0.15) is 25.7 Å². The molecule has 1 atom stereocenters. The van der Waals surface area contributed by atoms with Crippen LogP contribution in [0.15, 0.2) is 28.4 Å². The van der Waals surface area contributed by atoms with Crippen molar-refractivity contribution in [3.05, 3.63) is 23.4 Å². The van der Waals surface area contributed by atoms with E-state index in [2.05, 4.69) is 27.4 Å². The van der Waals surface area contributed by atoms with Gasteiger partial charge in [0.25, 0.3) is 0 Å². The van der Waals surface area contributed by atoms with Gasteiger partial charge in [-0.3, -0.25) is 4.99 Å². The fraction of sp³-hybridized carbons (Fsp3) is 0.615. The highest BCUT2D eigenvalue weighted by atomic mass is 15.1. The Morgan fingerprint density at radius 3 is 2.94 bits per heavy atom. The highest BCUT2D eigenvalue weighted by Gasteiger charge is 2.23. The quantitative estimate of drug-likeness (QED) is 0.723. The highest BCUT2D eigenvalue weighted by molar-refractivity contribution is 5.59. The maximum atomic E-state index is 4.25. The molecule has 3 aliphatic rings. The summed E-state index contributed by atoms with van der Waals surface area (Å²) in [7, 11) is 0. The maximum absolute atomic E-state index is 4.25. The van der Waals surface area contributed by atoms with Gasteiger partial charge in [0.05, 0.1) is 18.9 Å². The third-order valence-electron chi connectivity index (χ3n) is 3.75. The summed E-state index contributed by atoms with van der Waals surface area (Å²) >= 11 is 0. The molecule has 86 valence electrons. The Labute approximate surface area is 96.9 Å². The number of likely N-dealkylation sites (tertiary alicyclic amines) is 1. The Morgan fingerprint density at radius 2 is 2.06 bits per heavy atom. The highest BCUT2D eigenvalue weighted by Crippen LogP contribution is 2.25. The topological polar surface area (TPSA) is 27.6 Å². The fourth-order valence-electron chi connectivity index (χ4n) is 2.77. The minimum absolute atomic E-state index is 0.499. The van der Waals surface area contributed by atoms with Gasteiger partial charge >= 0.3 is 0 Å². The summed E-state index contributed by atoms with van der Waals surface area (Å²) in [6.45, 7) is 3.37. The molecule has 0 aromatic heterocycles. The lowest BCUT2D eigenvalue weighted by atomic mass is 9.94. The number of piperidine rings is 1. The van der Waals surface area contributed by atoms with E-state index in [1.807, 2.05) is 6.34 Å². The minimum atomic E-state index is 0.499. The summed E-state index contributed by atoms with van der Waals surface area (Å²) in [5.74, 6) is 0. The van der Waals surface area contributed by atoms with Crippen molar-refractivity contribution in [2.24, 2.45) is 4.99 Å².